The van der Waals surface area contributed by atoms with Crippen LogP contribution in [0, 0.1) is 6.92 Å². The second-order valence-corrected chi connectivity index (χ2v) is 10.2. The van der Waals surface area contributed by atoms with Gasteiger partial charge in [-0.2, -0.15) is 0 Å². The van der Waals surface area contributed by atoms with Crippen molar-refractivity contribution in [3.05, 3.63) is 42.0 Å². The minimum Gasteiger partial charge on any atom is -0.343 e. The van der Waals surface area contributed by atoms with Gasteiger partial charge < -0.3 is 9.47 Å². The topological polar surface area (TPSA) is 35.5 Å². The molecule has 4 heteroatoms. The highest BCUT2D eigenvalue weighted by atomic mass is 32.2. The van der Waals surface area contributed by atoms with E-state index in [9.17, 15) is 4.21 Å². The smallest absolute Gasteiger partial charge is 0.164 e. The van der Waals surface area contributed by atoms with Gasteiger partial charge in [-0.3, -0.25) is 4.21 Å². The third-order valence-corrected chi connectivity index (χ3v) is 6.80. The molecule has 1 aromatic carbocycles. The average molecular weight is 421 g/mol. The van der Waals surface area contributed by atoms with Crippen molar-refractivity contribution < 1.29 is 13.7 Å². The summed E-state index contributed by atoms with van der Waals surface area (Å²) in [5, 5.41) is 0. The molecular formula is C25H40O3S. The molecule has 3 nitrogen and oxygen atoms in total. The number of benzene rings is 1. The maximum absolute atomic E-state index is 12.8. The van der Waals surface area contributed by atoms with E-state index in [1.54, 1.807) is 0 Å². The fraction of sp³-hybridized carbons (Fsp3) is 0.680. The van der Waals surface area contributed by atoms with Crippen LogP contribution in [0.2, 0.25) is 0 Å². The van der Waals surface area contributed by atoms with Gasteiger partial charge in [0.25, 0.3) is 0 Å². The minimum absolute atomic E-state index is 0.131. The molecule has 164 valence electrons. The van der Waals surface area contributed by atoms with Crippen molar-refractivity contribution in [3.63, 3.8) is 0 Å². The van der Waals surface area contributed by atoms with Crippen molar-refractivity contribution in [2.24, 2.45) is 0 Å². The summed E-state index contributed by atoms with van der Waals surface area (Å²) in [6.07, 6.45) is 15.8. The Morgan fingerprint density at radius 1 is 0.966 bits per heavy atom. The van der Waals surface area contributed by atoms with Crippen LogP contribution >= 0.6 is 0 Å². The summed E-state index contributed by atoms with van der Waals surface area (Å²) in [6, 6.07) is 7.90. The van der Waals surface area contributed by atoms with Gasteiger partial charge >= 0.3 is 0 Å². The summed E-state index contributed by atoms with van der Waals surface area (Å²) in [6.45, 7) is 8.16. The van der Waals surface area contributed by atoms with Crippen LogP contribution in [0.15, 0.2) is 41.3 Å². The Bertz CT molecular complexity index is 636. The normalized spacial score (nSPS) is 22.3. The third-order valence-electron chi connectivity index (χ3n) is 5.37. The SMILES string of the molecule is CCCCCCCCCC/C=C/[C@H]1OC(C)(C)O[C@@H]1CS(=O)c1ccc(C)cc1. The summed E-state index contributed by atoms with van der Waals surface area (Å²) in [4.78, 5) is 0.852. The van der Waals surface area contributed by atoms with Crippen LogP contribution in [0.3, 0.4) is 0 Å². The van der Waals surface area contributed by atoms with Crippen LogP contribution in [0.25, 0.3) is 0 Å². The van der Waals surface area contributed by atoms with Gasteiger partial charge in [0.1, 0.15) is 12.2 Å². The second kappa shape index (κ2) is 12.7. The highest BCUT2D eigenvalue weighted by Crippen LogP contribution is 2.30. The highest BCUT2D eigenvalue weighted by molar-refractivity contribution is 7.85. The molecule has 0 radical (unpaired) electrons. The molecule has 0 amide bonds. The molecule has 0 aromatic heterocycles. The molecule has 2 rings (SSSR count). The molecule has 1 fully saturated rings. The third kappa shape index (κ3) is 9.15. The van der Waals surface area contributed by atoms with Gasteiger partial charge in [0.15, 0.2) is 5.79 Å². The predicted molar refractivity (Wildman–Crippen MR) is 123 cm³/mol. The quantitative estimate of drug-likeness (QED) is 0.263. The van der Waals surface area contributed by atoms with E-state index >= 15 is 0 Å². The fourth-order valence-corrected chi connectivity index (χ4v) is 4.91. The first-order valence-corrected chi connectivity index (χ1v) is 12.7. The van der Waals surface area contributed by atoms with Crippen LogP contribution in [-0.2, 0) is 20.3 Å². The lowest BCUT2D eigenvalue weighted by Crippen LogP contribution is -2.27. The second-order valence-electron chi connectivity index (χ2n) is 8.66. The Morgan fingerprint density at radius 2 is 1.59 bits per heavy atom. The van der Waals surface area contributed by atoms with Gasteiger partial charge in [0, 0.05) is 4.90 Å². The molecule has 1 heterocycles. The molecule has 0 aliphatic carbocycles. The number of allylic oxidation sites excluding steroid dienone is 1. The van der Waals surface area contributed by atoms with Crippen LogP contribution in [0.4, 0.5) is 0 Å². The van der Waals surface area contributed by atoms with Gasteiger partial charge in [0.05, 0.1) is 16.6 Å². The van der Waals surface area contributed by atoms with Crippen molar-refractivity contribution in [1.82, 2.24) is 0 Å². The molecule has 0 bridgehead atoms. The first-order valence-electron chi connectivity index (χ1n) is 11.4. The van der Waals surface area contributed by atoms with E-state index < -0.39 is 16.6 Å². The molecular weight excluding hydrogens is 380 g/mol. The summed E-state index contributed by atoms with van der Waals surface area (Å²) >= 11 is 0. The van der Waals surface area contributed by atoms with Crippen molar-refractivity contribution in [2.75, 3.05) is 5.75 Å². The van der Waals surface area contributed by atoms with E-state index in [-0.39, 0.29) is 12.2 Å². The Hall–Kier alpha value is -0.970. The van der Waals surface area contributed by atoms with E-state index in [0.29, 0.717) is 5.75 Å². The lowest BCUT2D eigenvalue weighted by molar-refractivity contribution is -0.140. The van der Waals surface area contributed by atoms with Gasteiger partial charge in [-0.05, 0) is 45.7 Å². The van der Waals surface area contributed by atoms with Crippen LogP contribution in [0.5, 0.6) is 0 Å². The number of hydrogen-bond donors (Lipinski definition) is 0. The van der Waals surface area contributed by atoms with Gasteiger partial charge in [-0.25, -0.2) is 0 Å². The average Bonchev–Trinajstić information content (AvgIpc) is 2.97. The van der Waals surface area contributed by atoms with Crippen LogP contribution in [-0.4, -0.2) is 28.0 Å². The van der Waals surface area contributed by atoms with Crippen LogP contribution in [0.1, 0.15) is 84.1 Å². The van der Waals surface area contributed by atoms with Crippen molar-refractivity contribution in [2.45, 2.75) is 108 Å². The Kier molecular flexibility index (Phi) is 10.6. The summed E-state index contributed by atoms with van der Waals surface area (Å²) in [5.74, 6) is -0.172. The number of hydrogen-bond acceptors (Lipinski definition) is 3. The highest BCUT2D eigenvalue weighted by Gasteiger charge is 2.40. The zero-order valence-electron chi connectivity index (χ0n) is 18.8. The first-order chi connectivity index (χ1) is 13.9. The summed E-state index contributed by atoms with van der Waals surface area (Å²) in [5.41, 5.74) is 1.18. The maximum Gasteiger partial charge on any atom is 0.164 e. The molecule has 1 aliphatic rings. The maximum atomic E-state index is 12.8. The van der Waals surface area contributed by atoms with Crippen molar-refractivity contribution in [1.29, 1.82) is 0 Å². The van der Waals surface area contributed by atoms with E-state index in [1.807, 2.05) is 45.0 Å². The fourth-order valence-electron chi connectivity index (χ4n) is 3.72. The molecule has 1 aliphatic heterocycles. The standard InChI is InChI=1S/C25H40O3S/c1-5-6-7-8-9-10-11-12-13-14-15-23-24(28-25(3,4)27-23)20-29(26)22-18-16-21(2)17-19-22/h14-19,23-24H,5-13,20H2,1-4H3/b15-14+/t23-,24-,29?/m1/s1. The minimum atomic E-state index is -1.09. The van der Waals surface area contributed by atoms with E-state index in [0.717, 1.165) is 11.3 Å². The van der Waals surface area contributed by atoms with Gasteiger partial charge in [-0.1, -0.05) is 81.7 Å². The monoisotopic (exact) mass is 420 g/mol. The Labute approximate surface area is 180 Å². The molecule has 3 atom stereocenters. The van der Waals surface area contributed by atoms with Crippen molar-refractivity contribution >= 4 is 10.8 Å². The van der Waals surface area contributed by atoms with Gasteiger partial charge in [0.2, 0.25) is 0 Å². The van der Waals surface area contributed by atoms with Crippen molar-refractivity contribution in [3.8, 4) is 0 Å². The largest absolute Gasteiger partial charge is 0.343 e. The predicted octanol–water partition coefficient (Wildman–Crippen LogP) is 6.71. The molecule has 1 saturated heterocycles. The molecule has 1 unspecified atom stereocenters. The van der Waals surface area contributed by atoms with E-state index in [4.69, 9.17) is 9.47 Å². The van der Waals surface area contributed by atoms with Gasteiger partial charge in [-0.15, -0.1) is 0 Å². The molecule has 0 spiro atoms. The van der Waals surface area contributed by atoms with E-state index in [2.05, 4.69) is 19.1 Å². The zero-order valence-corrected chi connectivity index (χ0v) is 19.6. The molecule has 1 aromatic rings. The lowest BCUT2D eigenvalue weighted by atomic mass is 10.1. The first kappa shape index (κ1) is 24.3. The number of ether oxygens (including phenoxy) is 2. The molecule has 0 saturated carbocycles. The lowest BCUT2D eigenvalue weighted by Gasteiger charge is -2.16. The van der Waals surface area contributed by atoms with Crippen LogP contribution < -0.4 is 0 Å². The molecule has 29 heavy (non-hydrogen) atoms. The molecule has 0 N–H and O–H groups in total. The Balaban J connectivity index is 1.75. The number of unbranched alkanes of at least 4 members (excludes halogenated alkanes) is 8. The van der Waals surface area contributed by atoms with E-state index in [1.165, 1.54) is 56.9 Å². The number of rotatable bonds is 13. The Morgan fingerprint density at radius 3 is 2.24 bits per heavy atom. The summed E-state index contributed by atoms with van der Waals surface area (Å²) in [7, 11) is -1.09. The summed E-state index contributed by atoms with van der Waals surface area (Å²) < 4.78 is 24.9. The number of aryl methyl sites for hydroxylation is 1. The zero-order chi connectivity index (χ0) is 21.1.